The third-order valence-corrected chi connectivity index (χ3v) is 4.37. The number of carbonyl (C=O) groups excluding carboxylic acids is 2. The van der Waals surface area contributed by atoms with Gasteiger partial charge in [-0.05, 0) is 43.7 Å². The lowest BCUT2D eigenvalue weighted by Gasteiger charge is -2.15. The summed E-state index contributed by atoms with van der Waals surface area (Å²) >= 11 is 11.9. The van der Waals surface area contributed by atoms with Gasteiger partial charge in [0.05, 0.1) is 22.8 Å². The van der Waals surface area contributed by atoms with Crippen LogP contribution < -0.4 is 14.8 Å². The zero-order valence-electron chi connectivity index (χ0n) is 15.0. The first-order valence-electron chi connectivity index (χ1n) is 8.03. The van der Waals surface area contributed by atoms with E-state index in [0.29, 0.717) is 22.2 Å². The molecule has 0 saturated heterocycles. The van der Waals surface area contributed by atoms with E-state index in [2.05, 4.69) is 5.32 Å². The smallest absolute Gasteiger partial charge is 0.344 e. The summed E-state index contributed by atoms with van der Waals surface area (Å²) in [6, 6.07) is 10.1. The van der Waals surface area contributed by atoms with Crippen molar-refractivity contribution in [2.75, 3.05) is 19.0 Å². The zero-order chi connectivity index (χ0) is 20.0. The molecule has 2 rings (SSSR count). The molecule has 0 radical (unpaired) electrons. The molecule has 0 spiro atoms. The summed E-state index contributed by atoms with van der Waals surface area (Å²) in [4.78, 5) is 24.1. The van der Waals surface area contributed by atoms with Crippen molar-refractivity contribution in [2.24, 2.45) is 0 Å². The number of esters is 1. The number of anilines is 1. The molecule has 1 atom stereocenters. The highest BCUT2D eigenvalue weighted by atomic mass is 35.5. The Hall–Kier alpha value is -2.44. The van der Waals surface area contributed by atoms with Gasteiger partial charge in [-0.2, -0.15) is 0 Å². The number of aryl methyl sites for hydroxylation is 1. The Balaban J connectivity index is 1.89. The molecule has 27 heavy (non-hydrogen) atoms. The van der Waals surface area contributed by atoms with Gasteiger partial charge in [0.15, 0.2) is 24.2 Å². The summed E-state index contributed by atoms with van der Waals surface area (Å²) in [5.74, 6) is -0.329. The second kappa shape index (κ2) is 9.48. The predicted molar refractivity (Wildman–Crippen MR) is 104 cm³/mol. The number of rotatable bonds is 7. The number of carbonyl (C=O) groups is 2. The molecule has 1 unspecified atom stereocenters. The van der Waals surface area contributed by atoms with Crippen LogP contribution >= 0.6 is 23.2 Å². The minimum Gasteiger partial charge on any atom is -0.493 e. The normalized spacial score (nSPS) is 11.4. The van der Waals surface area contributed by atoms with Crippen molar-refractivity contribution in [3.05, 3.63) is 52.0 Å². The average molecular weight is 412 g/mol. The van der Waals surface area contributed by atoms with Gasteiger partial charge < -0.3 is 19.5 Å². The number of benzene rings is 2. The van der Waals surface area contributed by atoms with Crippen molar-refractivity contribution >= 4 is 40.8 Å². The van der Waals surface area contributed by atoms with Crippen molar-refractivity contribution in [1.29, 1.82) is 0 Å². The van der Waals surface area contributed by atoms with Crippen LogP contribution in [-0.4, -0.2) is 31.7 Å². The molecule has 0 aliphatic carbocycles. The Kier molecular flexibility index (Phi) is 7.33. The maximum atomic E-state index is 12.2. The summed E-state index contributed by atoms with van der Waals surface area (Å²) in [5.41, 5.74) is 1.32. The van der Waals surface area contributed by atoms with E-state index < -0.39 is 18.0 Å². The molecule has 0 aliphatic rings. The maximum absolute atomic E-state index is 12.2. The van der Waals surface area contributed by atoms with Crippen molar-refractivity contribution in [3.63, 3.8) is 0 Å². The molecular formula is C19H19Cl2NO5. The largest absolute Gasteiger partial charge is 0.493 e. The van der Waals surface area contributed by atoms with Gasteiger partial charge in [0.1, 0.15) is 0 Å². The lowest BCUT2D eigenvalue weighted by atomic mass is 10.2. The third-order valence-electron chi connectivity index (χ3n) is 3.55. The summed E-state index contributed by atoms with van der Waals surface area (Å²) in [6.45, 7) is 2.99. The number of hydrogen-bond donors (Lipinski definition) is 1. The first kappa shape index (κ1) is 20.9. The molecule has 8 heteroatoms. The molecule has 0 heterocycles. The van der Waals surface area contributed by atoms with Gasteiger partial charge in [-0.1, -0.05) is 35.3 Å². The molecule has 144 valence electrons. The van der Waals surface area contributed by atoms with E-state index in [4.69, 9.17) is 37.4 Å². The zero-order valence-corrected chi connectivity index (χ0v) is 16.6. The van der Waals surface area contributed by atoms with Crippen LogP contribution in [0.1, 0.15) is 12.5 Å². The monoisotopic (exact) mass is 411 g/mol. The van der Waals surface area contributed by atoms with Gasteiger partial charge in [-0.25, -0.2) is 4.79 Å². The SMILES string of the molecule is COc1cc(C)ccc1OCC(=O)OC(C)C(=O)Nc1cccc(Cl)c1Cl. The highest BCUT2D eigenvalue weighted by Crippen LogP contribution is 2.30. The number of hydrogen-bond acceptors (Lipinski definition) is 5. The molecule has 1 N–H and O–H groups in total. The highest BCUT2D eigenvalue weighted by Gasteiger charge is 2.20. The fraction of sp³-hybridized carbons (Fsp3) is 0.263. The van der Waals surface area contributed by atoms with Gasteiger partial charge in [-0.15, -0.1) is 0 Å². The molecule has 0 saturated carbocycles. The van der Waals surface area contributed by atoms with Gasteiger partial charge in [-0.3, -0.25) is 4.79 Å². The van der Waals surface area contributed by atoms with Crippen LogP contribution in [0.2, 0.25) is 10.0 Å². The maximum Gasteiger partial charge on any atom is 0.344 e. The third kappa shape index (κ3) is 5.77. The van der Waals surface area contributed by atoms with Crippen molar-refractivity contribution < 1.29 is 23.8 Å². The Morgan fingerprint density at radius 1 is 1.15 bits per heavy atom. The van der Waals surface area contributed by atoms with Crippen LogP contribution in [0.15, 0.2) is 36.4 Å². The summed E-state index contributed by atoms with van der Waals surface area (Å²) in [6.07, 6.45) is -1.05. The lowest BCUT2D eigenvalue weighted by Crippen LogP contribution is -2.31. The number of amides is 1. The van der Waals surface area contributed by atoms with E-state index in [1.54, 1.807) is 30.3 Å². The Morgan fingerprint density at radius 2 is 1.89 bits per heavy atom. The van der Waals surface area contributed by atoms with Crippen LogP contribution in [0.3, 0.4) is 0 Å². The molecule has 0 aliphatic heterocycles. The number of ether oxygens (including phenoxy) is 3. The number of nitrogens with one attached hydrogen (secondary N) is 1. The van der Waals surface area contributed by atoms with Crippen LogP contribution in [0.4, 0.5) is 5.69 Å². The highest BCUT2D eigenvalue weighted by molar-refractivity contribution is 6.44. The van der Waals surface area contributed by atoms with Gasteiger partial charge in [0.2, 0.25) is 0 Å². The van der Waals surface area contributed by atoms with E-state index in [-0.39, 0.29) is 11.6 Å². The number of methoxy groups -OCH3 is 1. The van der Waals surface area contributed by atoms with Gasteiger partial charge in [0, 0.05) is 0 Å². The molecule has 0 aromatic heterocycles. The standard InChI is InChI=1S/C19H19Cl2NO5/c1-11-7-8-15(16(9-11)25-3)26-10-17(23)27-12(2)19(24)22-14-6-4-5-13(20)18(14)21/h4-9,12H,10H2,1-3H3,(H,22,24). The molecule has 2 aromatic rings. The molecule has 2 aromatic carbocycles. The fourth-order valence-corrected chi connectivity index (χ4v) is 2.50. The van der Waals surface area contributed by atoms with E-state index in [9.17, 15) is 9.59 Å². The average Bonchev–Trinajstić information content (AvgIpc) is 2.64. The molecule has 1 amide bonds. The second-order valence-corrected chi connectivity index (χ2v) is 6.45. The van der Waals surface area contributed by atoms with Crippen LogP contribution in [-0.2, 0) is 14.3 Å². The van der Waals surface area contributed by atoms with E-state index in [1.165, 1.54) is 14.0 Å². The predicted octanol–water partition coefficient (Wildman–Crippen LogP) is 4.26. The first-order valence-corrected chi connectivity index (χ1v) is 8.79. The summed E-state index contributed by atoms with van der Waals surface area (Å²) in [7, 11) is 1.51. The molecule has 0 bridgehead atoms. The minimum absolute atomic E-state index is 0.209. The molecular weight excluding hydrogens is 393 g/mol. The number of halogens is 2. The summed E-state index contributed by atoms with van der Waals surface area (Å²) in [5, 5.41) is 3.08. The summed E-state index contributed by atoms with van der Waals surface area (Å²) < 4.78 is 15.7. The van der Waals surface area contributed by atoms with Crippen molar-refractivity contribution in [3.8, 4) is 11.5 Å². The second-order valence-electron chi connectivity index (χ2n) is 5.67. The lowest BCUT2D eigenvalue weighted by molar-refractivity contribution is -0.155. The van der Waals surface area contributed by atoms with Crippen molar-refractivity contribution in [2.45, 2.75) is 20.0 Å². The van der Waals surface area contributed by atoms with Crippen LogP contribution in [0, 0.1) is 6.92 Å². The Morgan fingerprint density at radius 3 is 2.59 bits per heavy atom. The van der Waals surface area contributed by atoms with Crippen LogP contribution in [0.25, 0.3) is 0 Å². The van der Waals surface area contributed by atoms with Gasteiger partial charge >= 0.3 is 5.97 Å². The van der Waals surface area contributed by atoms with E-state index in [0.717, 1.165) is 5.56 Å². The van der Waals surface area contributed by atoms with Crippen LogP contribution in [0.5, 0.6) is 11.5 Å². The van der Waals surface area contributed by atoms with E-state index >= 15 is 0 Å². The minimum atomic E-state index is -1.05. The first-order chi connectivity index (χ1) is 12.8. The van der Waals surface area contributed by atoms with Crippen molar-refractivity contribution in [1.82, 2.24) is 0 Å². The van der Waals surface area contributed by atoms with E-state index in [1.807, 2.05) is 13.0 Å². The quantitative estimate of drug-likeness (QED) is 0.688. The topological polar surface area (TPSA) is 73.9 Å². The fourth-order valence-electron chi connectivity index (χ4n) is 2.15. The van der Waals surface area contributed by atoms with Gasteiger partial charge in [0.25, 0.3) is 5.91 Å². The Labute approximate surface area is 167 Å². The molecule has 0 fully saturated rings. The Bertz CT molecular complexity index is 841. The molecule has 6 nitrogen and oxygen atoms in total.